The fraction of sp³-hybridized carbons (Fsp3) is 0.333. The third kappa shape index (κ3) is 2.12. The summed E-state index contributed by atoms with van der Waals surface area (Å²) in [4.78, 5) is 25.3. The van der Waals surface area contributed by atoms with Crippen LogP contribution in [0.15, 0.2) is 47.3 Å². The number of benzene rings is 1. The van der Waals surface area contributed by atoms with Gasteiger partial charge in [-0.25, -0.2) is 4.39 Å². The van der Waals surface area contributed by atoms with Gasteiger partial charge in [0.25, 0.3) is 5.78 Å². The molecule has 1 unspecified atom stereocenters. The van der Waals surface area contributed by atoms with E-state index in [2.05, 4.69) is 0 Å². The number of Topliss-reactive ketones (excluding diaryl/α,β-unsaturated/α-hetero) is 2. The number of likely N-dealkylation sites (N-methyl/N-ethyl adjacent to an activating group) is 1. The van der Waals surface area contributed by atoms with Gasteiger partial charge >= 0.3 is 0 Å². The predicted molar refractivity (Wildman–Crippen MR) is 83.7 cm³/mol. The van der Waals surface area contributed by atoms with Crippen LogP contribution in [0.3, 0.4) is 0 Å². The van der Waals surface area contributed by atoms with Crippen LogP contribution in [0.1, 0.15) is 25.8 Å². The lowest BCUT2D eigenvalue weighted by Gasteiger charge is -2.33. The molecule has 0 aromatic heterocycles. The first-order valence-electron chi connectivity index (χ1n) is 7.53. The molecule has 0 N–H and O–H groups in total. The van der Waals surface area contributed by atoms with Gasteiger partial charge in [-0.1, -0.05) is 32.0 Å². The van der Waals surface area contributed by atoms with Crippen molar-refractivity contribution >= 4 is 17.3 Å². The Morgan fingerprint density at radius 3 is 2.21 bits per heavy atom. The number of hydrogen-bond donors (Lipinski definition) is 0. The lowest BCUT2D eigenvalue weighted by Crippen LogP contribution is -2.41. The van der Waals surface area contributed by atoms with Gasteiger partial charge < -0.3 is 4.90 Å². The lowest BCUT2D eigenvalue weighted by molar-refractivity contribution is -0.119. The zero-order valence-corrected chi connectivity index (χ0v) is 13.5. The molecular formula is C18H16F3NO2. The third-order valence-electron chi connectivity index (χ3n) is 5.01. The standard InChI is InChI=1S/C18H16F3NO2/c1-18(2)10-6-4-5-7-11(10)22(3)12(18)8-9-13(19)17(24)15(21)14(20)16(9)23/h4-7,12H,8H2,1-3H3. The second-order valence-electron chi connectivity index (χ2n) is 6.65. The average molecular weight is 335 g/mol. The van der Waals surface area contributed by atoms with Crippen molar-refractivity contribution in [3.63, 3.8) is 0 Å². The second-order valence-corrected chi connectivity index (χ2v) is 6.65. The van der Waals surface area contributed by atoms with E-state index in [0.717, 1.165) is 11.3 Å². The number of fused-ring (bicyclic) bond motifs is 1. The Bertz CT molecular complexity index is 823. The molecule has 1 aliphatic carbocycles. The van der Waals surface area contributed by atoms with Crippen LogP contribution in [0, 0.1) is 0 Å². The topological polar surface area (TPSA) is 37.4 Å². The molecule has 0 amide bonds. The first kappa shape index (κ1) is 16.5. The monoisotopic (exact) mass is 335 g/mol. The predicted octanol–water partition coefficient (Wildman–Crippen LogP) is 3.70. The van der Waals surface area contributed by atoms with E-state index in [-0.39, 0.29) is 12.5 Å². The number of halogens is 3. The van der Waals surface area contributed by atoms with Crippen molar-refractivity contribution in [2.24, 2.45) is 0 Å². The largest absolute Gasteiger partial charge is 0.370 e. The quantitative estimate of drug-likeness (QED) is 0.774. The fourth-order valence-electron chi connectivity index (χ4n) is 3.59. The summed E-state index contributed by atoms with van der Waals surface area (Å²) in [5.74, 6) is -8.35. The summed E-state index contributed by atoms with van der Waals surface area (Å²) in [6.07, 6.45) is -0.185. The van der Waals surface area contributed by atoms with Crippen LogP contribution in [0.2, 0.25) is 0 Å². The molecule has 0 fully saturated rings. The Labute approximate surface area is 137 Å². The molecule has 2 aliphatic rings. The number of carbonyl (C=O) groups excluding carboxylic acids is 2. The number of ketones is 2. The van der Waals surface area contributed by atoms with Crippen LogP contribution in [0.4, 0.5) is 18.9 Å². The number of rotatable bonds is 2. The molecule has 3 rings (SSSR count). The summed E-state index contributed by atoms with van der Waals surface area (Å²) < 4.78 is 41.0. The molecule has 0 saturated carbocycles. The molecule has 6 heteroatoms. The van der Waals surface area contributed by atoms with Crippen molar-refractivity contribution in [3.8, 4) is 0 Å². The first-order valence-corrected chi connectivity index (χ1v) is 7.53. The minimum atomic E-state index is -1.96. The first-order chi connectivity index (χ1) is 11.2. The number of allylic oxidation sites excluding steroid dienone is 3. The highest BCUT2D eigenvalue weighted by Gasteiger charge is 2.46. The minimum Gasteiger partial charge on any atom is -0.370 e. The highest BCUT2D eigenvalue weighted by Crippen LogP contribution is 2.47. The van der Waals surface area contributed by atoms with Crippen molar-refractivity contribution in [1.29, 1.82) is 0 Å². The van der Waals surface area contributed by atoms with Crippen LogP contribution in [0.5, 0.6) is 0 Å². The van der Waals surface area contributed by atoms with Gasteiger partial charge in [-0.15, -0.1) is 0 Å². The van der Waals surface area contributed by atoms with Crippen LogP contribution in [-0.2, 0) is 15.0 Å². The van der Waals surface area contributed by atoms with Crippen molar-refractivity contribution in [1.82, 2.24) is 0 Å². The fourth-order valence-corrected chi connectivity index (χ4v) is 3.59. The van der Waals surface area contributed by atoms with E-state index in [1.807, 2.05) is 43.0 Å². The van der Waals surface area contributed by atoms with Crippen LogP contribution < -0.4 is 4.90 Å². The van der Waals surface area contributed by atoms with E-state index in [4.69, 9.17) is 0 Å². The Balaban J connectivity index is 2.01. The van der Waals surface area contributed by atoms with E-state index in [1.54, 1.807) is 7.05 Å². The molecule has 1 atom stereocenters. The van der Waals surface area contributed by atoms with E-state index in [0.29, 0.717) is 0 Å². The molecule has 0 bridgehead atoms. The SMILES string of the molecule is CN1c2ccccc2C(C)(C)C1CC1=C(F)C(=O)C(F)=C(F)C1=O. The van der Waals surface area contributed by atoms with Gasteiger partial charge in [0.2, 0.25) is 17.4 Å². The second kappa shape index (κ2) is 5.33. The Morgan fingerprint density at radius 1 is 1.00 bits per heavy atom. The maximum Gasteiger partial charge on any atom is 0.253 e. The van der Waals surface area contributed by atoms with Gasteiger partial charge in [0, 0.05) is 36.2 Å². The summed E-state index contributed by atoms with van der Waals surface area (Å²) in [5.41, 5.74) is 0.871. The van der Waals surface area contributed by atoms with Crippen LogP contribution in [-0.4, -0.2) is 24.7 Å². The number of anilines is 1. The molecular weight excluding hydrogens is 319 g/mol. The lowest BCUT2D eigenvalue weighted by atomic mass is 9.77. The van der Waals surface area contributed by atoms with Crippen LogP contribution in [0.25, 0.3) is 0 Å². The van der Waals surface area contributed by atoms with Crippen molar-refractivity contribution in [3.05, 3.63) is 52.9 Å². The van der Waals surface area contributed by atoms with E-state index in [9.17, 15) is 22.8 Å². The molecule has 1 heterocycles. The Morgan fingerprint density at radius 2 is 1.58 bits per heavy atom. The smallest absolute Gasteiger partial charge is 0.253 e. The normalized spacial score (nSPS) is 23.2. The van der Waals surface area contributed by atoms with Gasteiger partial charge in [-0.05, 0) is 11.6 Å². The molecule has 126 valence electrons. The summed E-state index contributed by atoms with van der Waals surface area (Å²) in [5, 5.41) is 0. The zero-order chi connectivity index (χ0) is 17.8. The number of carbonyl (C=O) groups is 2. The molecule has 3 nitrogen and oxygen atoms in total. The average Bonchev–Trinajstić information content (AvgIpc) is 2.75. The van der Waals surface area contributed by atoms with E-state index in [1.165, 1.54) is 0 Å². The molecule has 1 aliphatic heterocycles. The Hall–Kier alpha value is -2.37. The summed E-state index contributed by atoms with van der Waals surface area (Å²) in [7, 11) is 1.79. The van der Waals surface area contributed by atoms with Gasteiger partial charge in [0.1, 0.15) is 0 Å². The summed E-state index contributed by atoms with van der Waals surface area (Å²) in [6.45, 7) is 3.86. The van der Waals surface area contributed by atoms with Crippen LogP contribution >= 0.6 is 0 Å². The maximum absolute atomic E-state index is 14.1. The molecule has 0 spiro atoms. The molecule has 0 saturated heterocycles. The minimum absolute atomic E-state index is 0.185. The third-order valence-corrected chi connectivity index (χ3v) is 5.01. The van der Waals surface area contributed by atoms with Gasteiger partial charge in [-0.2, -0.15) is 8.78 Å². The Kier molecular flexibility index (Phi) is 3.66. The molecule has 0 radical (unpaired) electrons. The van der Waals surface area contributed by atoms with Crippen molar-refractivity contribution < 1.29 is 22.8 Å². The molecule has 1 aromatic rings. The molecule has 24 heavy (non-hydrogen) atoms. The number of hydrogen-bond acceptors (Lipinski definition) is 3. The highest BCUT2D eigenvalue weighted by atomic mass is 19.2. The summed E-state index contributed by atoms with van der Waals surface area (Å²) in [6, 6.07) is 7.20. The molecule has 1 aromatic carbocycles. The zero-order valence-electron chi connectivity index (χ0n) is 13.5. The van der Waals surface area contributed by atoms with Gasteiger partial charge in [0.15, 0.2) is 5.83 Å². The van der Waals surface area contributed by atoms with Gasteiger partial charge in [-0.3, -0.25) is 9.59 Å². The van der Waals surface area contributed by atoms with Crippen molar-refractivity contribution in [2.75, 3.05) is 11.9 Å². The number of para-hydroxylation sites is 1. The van der Waals surface area contributed by atoms with Gasteiger partial charge in [0.05, 0.1) is 0 Å². The maximum atomic E-state index is 14.1. The number of nitrogens with zero attached hydrogens (tertiary/aromatic N) is 1. The van der Waals surface area contributed by atoms with Crippen molar-refractivity contribution in [2.45, 2.75) is 31.7 Å². The summed E-state index contributed by atoms with van der Waals surface area (Å²) >= 11 is 0. The van der Waals surface area contributed by atoms with E-state index < -0.39 is 40.0 Å². The van der Waals surface area contributed by atoms with E-state index >= 15 is 0 Å². The highest BCUT2D eigenvalue weighted by molar-refractivity contribution is 6.22.